The van der Waals surface area contributed by atoms with Gasteiger partial charge in [-0.3, -0.25) is 4.90 Å². The zero-order valence-electron chi connectivity index (χ0n) is 11.1. The average Bonchev–Trinajstić information content (AvgIpc) is 2.84. The lowest BCUT2D eigenvalue weighted by Crippen LogP contribution is -2.42. The highest BCUT2D eigenvalue weighted by Crippen LogP contribution is 2.60. The van der Waals surface area contributed by atoms with Gasteiger partial charge < -0.3 is 0 Å². The molecule has 0 bridgehead atoms. The molecule has 3 rings (SSSR count). The third-order valence-corrected chi connectivity index (χ3v) is 5.33. The van der Waals surface area contributed by atoms with Crippen LogP contribution in [-0.2, 0) is 5.41 Å². The summed E-state index contributed by atoms with van der Waals surface area (Å²) in [7, 11) is 0. The Hall–Kier alpha value is -0.240. The van der Waals surface area contributed by atoms with Crippen LogP contribution in [0.3, 0.4) is 0 Å². The van der Waals surface area contributed by atoms with E-state index in [0.29, 0.717) is 15.5 Å². The van der Waals surface area contributed by atoms with Crippen molar-refractivity contribution in [3.63, 3.8) is 0 Å². The predicted molar refractivity (Wildman–Crippen MR) is 77.6 cm³/mol. The van der Waals surface area contributed by atoms with E-state index in [1.54, 1.807) is 0 Å². The van der Waals surface area contributed by atoms with E-state index in [0.717, 1.165) is 12.5 Å². The Bertz CT molecular complexity index is 492. The molecule has 0 radical (unpaired) electrons. The third kappa shape index (κ3) is 1.88. The van der Waals surface area contributed by atoms with Crippen molar-refractivity contribution in [2.75, 3.05) is 13.1 Å². The molecule has 1 aromatic carbocycles. The zero-order valence-corrected chi connectivity index (χ0v) is 12.6. The Balaban J connectivity index is 1.88. The Labute approximate surface area is 119 Å². The molecule has 1 saturated heterocycles. The molecule has 98 valence electrons. The van der Waals surface area contributed by atoms with Gasteiger partial charge in [-0.15, -0.1) is 0 Å². The summed E-state index contributed by atoms with van der Waals surface area (Å²) >= 11 is 12.2. The second kappa shape index (κ2) is 3.88. The van der Waals surface area contributed by atoms with E-state index in [2.05, 4.69) is 37.8 Å². The van der Waals surface area contributed by atoms with Crippen LogP contribution in [0.25, 0.3) is 0 Å². The second-order valence-electron chi connectivity index (χ2n) is 6.74. The summed E-state index contributed by atoms with van der Waals surface area (Å²) in [6, 6.07) is 6.15. The van der Waals surface area contributed by atoms with Gasteiger partial charge in [0.15, 0.2) is 0 Å². The summed E-state index contributed by atoms with van der Waals surface area (Å²) in [5.74, 6) is 0.800. The van der Waals surface area contributed by atoms with Gasteiger partial charge in [-0.1, -0.05) is 29.3 Å². The van der Waals surface area contributed by atoms with E-state index >= 15 is 0 Å². The standard InChI is InChI=1S/C15H19Cl2N/c1-14(2,3)18-8-11-7-15(11,9-18)10-4-5-12(16)13(17)6-10/h4-6,11H,7-9H2,1-3H3/t11-,15+/m0/s1. The maximum absolute atomic E-state index is 6.15. The number of piperidine rings is 1. The van der Waals surface area contributed by atoms with Crippen molar-refractivity contribution < 1.29 is 0 Å². The second-order valence-corrected chi connectivity index (χ2v) is 7.55. The first-order valence-corrected chi connectivity index (χ1v) is 7.29. The van der Waals surface area contributed by atoms with Crippen molar-refractivity contribution in [2.45, 2.75) is 38.1 Å². The lowest BCUT2D eigenvalue weighted by Gasteiger charge is -2.34. The quantitative estimate of drug-likeness (QED) is 0.740. The molecule has 1 aliphatic carbocycles. The Morgan fingerprint density at radius 1 is 1.22 bits per heavy atom. The van der Waals surface area contributed by atoms with Crippen LogP contribution in [0.5, 0.6) is 0 Å². The molecule has 0 unspecified atom stereocenters. The van der Waals surface area contributed by atoms with Gasteiger partial charge in [0, 0.05) is 24.0 Å². The topological polar surface area (TPSA) is 3.24 Å². The fraction of sp³-hybridized carbons (Fsp3) is 0.600. The molecule has 1 aromatic rings. The first-order valence-electron chi connectivity index (χ1n) is 6.53. The summed E-state index contributed by atoms with van der Waals surface area (Å²) < 4.78 is 0. The molecule has 1 saturated carbocycles. The minimum absolute atomic E-state index is 0.261. The maximum Gasteiger partial charge on any atom is 0.0595 e. The molecule has 1 aliphatic heterocycles. The summed E-state index contributed by atoms with van der Waals surface area (Å²) in [6.45, 7) is 9.24. The monoisotopic (exact) mass is 283 g/mol. The van der Waals surface area contributed by atoms with Crippen LogP contribution in [0.15, 0.2) is 18.2 Å². The Morgan fingerprint density at radius 2 is 1.94 bits per heavy atom. The van der Waals surface area contributed by atoms with Gasteiger partial charge in [0.2, 0.25) is 0 Å². The minimum Gasteiger partial charge on any atom is -0.297 e. The van der Waals surface area contributed by atoms with Gasteiger partial charge in [-0.2, -0.15) is 0 Å². The predicted octanol–water partition coefficient (Wildman–Crippen LogP) is 4.37. The molecule has 1 heterocycles. The molecule has 1 nitrogen and oxygen atoms in total. The van der Waals surface area contributed by atoms with Crippen molar-refractivity contribution in [2.24, 2.45) is 5.92 Å². The molecule has 0 N–H and O–H groups in total. The third-order valence-electron chi connectivity index (χ3n) is 4.59. The number of nitrogens with zero attached hydrogens (tertiary/aromatic N) is 1. The number of benzene rings is 1. The zero-order chi connectivity index (χ0) is 13.1. The molecular formula is C15H19Cl2N. The Kier molecular flexibility index (Phi) is 2.75. The lowest BCUT2D eigenvalue weighted by molar-refractivity contribution is 0.152. The molecule has 0 amide bonds. The number of rotatable bonds is 1. The molecule has 3 heteroatoms. The number of fused-ring (bicyclic) bond motifs is 1. The van der Waals surface area contributed by atoms with Gasteiger partial charge in [0.25, 0.3) is 0 Å². The van der Waals surface area contributed by atoms with Crippen molar-refractivity contribution in [3.05, 3.63) is 33.8 Å². The normalized spacial score (nSPS) is 31.5. The first-order chi connectivity index (χ1) is 8.33. The van der Waals surface area contributed by atoms with Gasteiger partial charge in [0.05, 0.1) is 10.0 Å². The number of halogens is 2. The first kappa shape index (κ1) is 12.8. The van der Waals surface area contributed by atoms with Crippen LogP contribution in [0.2, 0.25) is 10.0 Å². The van der Waals surface area contributed by atoms with E-state index in [1.165, 1.54) is 18.5 Å². The minimum atomic E-state index is 0.261. The molecule has 18 heavy (non-hydrogen) atoms. The van der Waals surface area contributed by atoms with Crippen molar-refractivity contribution >= 4 is 23.2 Å². The van der Waals surface area contributed by atoms with Gasteiger partial charge in [-0.05, 0) is 50.8 Å². The Morgan fingerprint density at radius 3 is 2.50 bits per heavy atom. The smallest absolute Gasteiger partial charge is 0.0595 e. The lowest BCUT2D eigenvalue weighted by atomic mass is 9.94. The summed E-state index contributed by atoms with van der Waals surface area (Å²) in [5, 5.41) is 1.34. The number of hydrogen-bond acceptors (Lipinski definition) is 1. The highest BCUT2D eigenvalue weighted by Gasteiger charge is 2.61. The molecule has 2 fully saturated rings. The fourth-order valence-electron chi connectivity index (χ4n) is 3.25. The van der Waals surface area contributed by atoms with Crippen molar-refractivity contribution in [1.82, 2.24) is 4.90 Å². The number of likely N-dealkylation sites (tertiary alicyclic amines) is 1. The van der Waals surface area contributed by atoms with E-state index in [1.807, 2.05) is 6.07 Å². The number of hydrogen-bond donors (Lipinski definition) is 0. The summed E-state index contributed by atoms with van der Waals surface area (Å²) in [6.07, 6.45) is 1.30. The van der Waals surface area contributed by atoms with Crippen molar-refractivity contribution in [3.8, 4) is 0 Å². The van der Waals surface area contributed by atoms with Gasteiger partial charge in [0.1, 0.15) is 0 Å². The van der Waals surface area contributed by atoms with E-state index in [9.17, 15) is 0 Å². The summed E-state index contributed by atoms with van der Waals surface area (Å²) in [5.41, 5.74) is 1.98. The van der Waals surface area contributed by atoms with Crippen LogP contribution >= 0.6 is 23.2 Å². The SMILES string of the molecule is CC(C)(C)N1C[C@@H]2C[C@]2(c2ccc(Cl)c(Cl)c2)C1. The van der Waals surface area contributed by atoms with Crippen molar-refractivity contribution in [1.29, 1.82) is 0 Å². The largest absolute Gasteiger partial charge is 0.297 e. The highest BCUT2D eigenvalue weighted by molar-refractivity contribution is 6.42. The fourth-order valence-corrected chi connectivity index (χ4v) is 3.54. The summed E-state index contributed by atoms with van der Waals surface area (Å²) in [4.78, 5) is 2.59. The van der Waals surface area contributed by atoms with E-state index in [4.69, 9.17) is 23.2 Å². The van der Waals surface area contributed by atoms with Crippen LogP contribution < -0.4 is 0 Å². The van der Waals surface area contributed by atoms with E-state index in [-0.39, 0.29) is 5.54 Å². The maximum atomic E-state index is 6.15. The average molecular weight is 284 g/mol. The highest BCUT2D eigenvalue weighted by atomic mass is 35.5. The van der Waals surface area contributed by atoms with Crippen LogP contribution in [0.4, 0.5) is 0 Å². The van der Waals surface area contributed by atoms with Gasteiger partial charge in [-0.25, -0.2) is 0 Å². The van der Waals surface area contributed by atoms with Crippen LogP contribution in [0.1, 0.15) is 32.8 Å². The van der Waals surface area contributed by atoms with Gasteiger partial charge >= 0.3 is 0 Å². The molecule has 0 spiro atoms. The van der Waals surface area contributed by atoms with Crippen LogP contribution in [-0.4, -0.2) is 23.5 Å². The molecular weight excluding hydrogens is 265 g/mol. The molecule has 0 aromatic heterocycles. The van der Waals surface area contributed by atoms with Crippen LogP contribution in [0, 0.1) is 5.92 Å². The van der Waals surface area contributed by atoms with E-state index < -0.39 is 0 Å². The molecule has 2 aliphatic rings. The molecule has 2 atom stereocenters.